The zero-order chi connectivity index (χ0) is 13.8. The molecule has 2 aromatic carbocycles. The third kappa shape index (κ3) is 3.36. The van der Waals surface area contributed by atoms with Crippen molar-refractivity contribution >= 4 is 17.4 Å². The van der Waals surface area contributed by atoms with Crippen LogP contribution in [0.2, 0.25) is 5.02 Å². The second kappa shape index (κ2) is 5.89. The number of carbonyl (C=O) groups is 1. The van der Waals surface area contributed by atoms with E-state index in [0.717, 1.165) is 5.56 Å². The summed E-state index contributed by atoms with van der Waals surface area (Å²) in [6.07, 6.45) is 0.354. The summed E-state index contributed by atoms with van der Waals surface area (Å²) in [5.41, 5.74) is 2.70. The normalized spacial score (nSPS) is 10.3. The maximum atomic E-state index is 12.2. The average Bonchev–Trinajstić information content (AvgIpc) is 2.41. The van der Waals surface area contributed by atoms with Gasteiger partial charge >= 0.3 is 0 Å². The Balaban J connectivity index is 2.18. The molecule has 0 spiro atoms. The van der Waals surface area contributed by atoms with Gasteiger partial charge in [-0.1, -0.05) is 41.4 Å². The fraction of sp³-hybridized carbons (Fsp3) is 0.188. The van der Waals surface area contributed by atoms with E-state index in [9.17, 15) is 4.79 Å². The Morgan fingerprint density at radius 2 is 1.84 bits per heavy atom. The van der Waals surface area contributed by atoms with Crippen molar-refractivity contribution < 1.29 is 9.53 Å². The standard InChI is InChI=1S/C16H15ClO2/c1-11-3-5-12(6-4-11)9-16(18)14-8-7-13(19-2)10-15(14)17/h3-8,10H,9H2,1-2H3. The smallest absolute Gasteiger partial charge is 0.168 e. The molecule has 19 heavy (non-hydrogen) atoms. The van der Waals surface area contributed by atoms with E-state index in [0.29, 0.717) is 22.8 Å². The number of ketones is 1. The molecule has 98 valence electrons. The van der Waals surface area contributed by atoms with Gasteiger partial charge in [0.1, 0.15) is 5.75 Å². The summed E-state index contributed by atoms with van der Waals surface area (Å²) >= 11 is 6.09. The zero-order valence-corrected chi connectivity index (χ0v) is 11.7. The van der Waals surface area contributed by atoms with E-state index < -0.39 is 0 Å². The number of Topliss-reactive ketones (excluding diaryl/α,β-unsaturated/α-hetero) is 1. The molecule has 2 rings (SSSR count). The van der Waals surface area contributed by atoms with Gasteiger partial charge in [-0.25, -0.2) is 0 Å². The third-order valence-corrected chi connectivity index (χ3v) is 3.27. The summed E-state index contributed by atoms with van der Waals surface area (Å²) in [4.78, 5) is 12.2. The lowest BCUT2D eigenvalue weighted by atomic mass is 10.0. The topological polar surface area (TPSA) is 26.3 Å². The third-order valence-electron chi connectivity index (χ3n) is 2.96. The fourth-order valence-electron chi connectivity index (χ4n) is 1.84. The quantitative estimate of drug-likeness (QED) is 0.785. The molecule has 0 unspecified atom stereocenters. The summed E-state index contributed by atoms with van der Waals surface area (Å²) in [5, 5.41) is 0.427. The van der Waals surface area contributed by atoms with Gasteiger partial charge in [0, 0.05) is 12.0 Å². The molecule has 0 aliphatic rings. The minimum atomic E-state index is 0.0107. The van der Waals surface area contributed by atoms with Crippen LogP contribution >= 0.6 is 11.6 Å². The van der Waals surface area contributed by atoms with E-state index in [1.54, 1.807) is 25.3 Å². The molecule has 0 aliphatic carbocycles. The highest BCUT2D eigenvalue weighted by Crippen LogP contribution is 2.23. The molecule has 0 amide bonds. The van der Waals surface area contributed by atoms with Crippen LogP contribution in [0.1, 0.15) is 21.5 Å². The number of methoxy groups -OCH3 is 1. The molecule has 0 N–H and O–H groups in total. The number of benzene rings is 2. The van der Waals surface area contributed by atoms with Crippen molar-refractivity contribution in [3.63, 3.8) is 0 Å². The summed E-state index contributed by atoms with van der Waals surface area (Å²) < 4.78 is 5.07. The van der Waals surface area contributed by atoms with E-state index in [2.05, 4.69) is 0 Å². The van der Waals surface area contributed by atoms with E-state index in [1.165, 1.54) is 5.56 Å². The van der Waals surface area contributed by atoms with Gasteiger partial charge in [0.05, 0.1) is 12.1 Å². The van der Waals surface area contributed by atoms with Gasteiger partial charge in [0.25, 0.3) is 0 Å². The van der Waals surface area contributed by atoms with Crippen LogP contribution in [0.25, 0.3) is 0 Å². The van der Waals surface area contributed by atoms with Crippen LogP contribution in [0.4, 0.5) is 0 Å². The minimum absolute atomic E-state index is 0.0107. The van der Waals surface area contributed by atoms with Gasteiger partial charge in [-0.3, -0.25) is 4.79 Å². The van der Waals surface area contributed by atoms with Crippen LogP contribution in [-0.4, -0.2) is 12.9 Å². The van der Waals surface area contributed by atoms with Crippen molar-refractivity contribution in [1.29, 1.82) is 0 Å². The molecule has 0 aromatic heterocycles. The molecule has 0 heterocycles. The first-order chi connectivity index (χ1) is 9.10. The van der Waals surface area contributed by atoms with E-state index in [4.69, 9.17) is 16.3 Å². The molecule has 2 nitrogen and oxygen atoms in total. The maximum Gasteiger partial charge on any atom is 0.168 e. The number of carbonyl (C=O) groups excluding carboxylic acids is 1. The van der Waals surface area contributed by atoms with Crippen molar-refractivity contribution in [3.05, 3.63) is 64.2 Å². The Labute approximate surface area is 118 Å². The second-order valence-corrected chi connectivity index (χ2v) is 4.84. The van der Waals surface area contributed by atoms with E-state index in [-0.39, 0.29) is 5.78 Å². The highest BCUT2D eigenvalue weighted by atomic mass is 35.5. The van der Waals surface area contributed by atoms with E-state index in [1.807, 2.05) is 31.2 Å². The first kappa shape index (κ1) is 13.6. The van der Waals surface area contributed by atoms with Gasteiger partial charge in [-0.15, -0.1) is 0 Å². The summed E-state index contributed by atoms with van der Waals surface area (Å²) in [7, 11) is 1.57. The number of rotatable bonds is 4. The van der Waals surface area contributed by atoms with Crippen molar-refractivity contribution in [2.45, 2.75) is 13.3 Å². The summed E-state index contributed by atoms with van der Waals surface area (Å²) in [6.45, 7) is 2.02. The number of hydrogen-bond acceptors (Lipinski definition) is 2. The predicted molar refractivity (Wildman–Crippen MR) is 77.2 cm³/mol. The molecule has 0 atom stereocenters. The number of aryl methyl sites for hydroxylation is 1. The van der Waals surface area contributed by atoms with Crippen molar-refractivity contribution in [3.8, 4) is 5.75 Å². The summed E-state index contributed by atoms with van der Waals surface area (Å²) in [5.74, 6) is 0.661. The van der Waals surface area contributed by atoms with Gasteiger partial charge in [-0.05, 0) is 30.7 Å². The van der Waals surface area contributed by atoms with Crippen LogP contribution < -0.4 is 4.74 Å². The molecular formula is C16H15ClO2. The number of halogens is 1. The fourth-order valence-corrected chi connectivity index (χ4v) is 2.11. The molecule has 3 heteroatoms. The molecule has 0 radical (unpaired) electrons. The van der Waals surface area contributed by atoms with Gasteiger partial charge in [0.2, 0.25) is 0 Å². The molecule has 0 saturated heterocycles. The second-order valence-electron chi connectivity index (χ2n) is 4.43. The Morgan fingerprint density at radius 1 is 1.16 bits per heavy atom. The highest BCUT2D eigenvalue weighted by Gasteiger charge is 2.11. The number of hydrogen-bond donors (Lipinski definition) is 0. The molecular weight excluding hydrogens is 260 g/mol. The van der Waals surface area contributed by atoms with Gasteiger partial charge in [-0.2, -0.15) is 0 Å². The van der Waals surface area contributed by atoms with Crippen molar-refractivity contribution in [2.75, 3.05) is 7.11 Å². The Bertz CT molecular complexity index is 588. The first-order valence-electron chi connectivity index (χ1n) is 6.02. The Morgan fingerprint density at radius 3 is 2.42 bits per heavy atom. The van der Waals surface area contributed by atoms with Crippen LogP contribution in [0.5, 0.6) is 5.75 Å². The van der Waals surface area contributed by atoms with Crippen LogP contribution in [0.15, 0.2) is 42.5 Å². The lowest BCUT2D eigenvalue weighted by molar-refractivity contribution is 0.0993. The lowest BCUT2D eigenvalue weighted by Gasteiger charge is -2.06. The molecule has 2 aromatic rings. The van der Waals surface area contributed by atoms with Gasteiger partial charge < -0.3 is 4.74 Å². The average molecular weight is 275 g/mol. The van der Waals surface area contributed by atoms with Crippen LogP contribution in [0.3, 0.4) is 0 Å². The van der Waals surface area contributed by atoms with Crippen LogP contribution in [-0.2, 0) is 6.42 Å². The predicted octanol–water partition coefficient (Wildman–Crippen LogP) is 4.08. The SMILES string of the molecule is COc1ccc(C(=O)Cc2ccc(C)cc2)c(Cl)c1. The first-order valence-corrected chi connectivity index (χ1v) is 6.40. The zero-order valence-electron chi connectivity index (χ0n) is 10.9. The molecule has 0 bridgehead atoms. The lowest BCUT2D eigenvalue weighted by Crippen LogP contribution is -2.04. The monoisotopic (exact) mass is 274 g/mol. The summed E-state index contributed by atoms with van der Waals surface area (Å²) in [6, 6.07) is 13.0. The van der Waals surface area contributed by atoms with Gasteiger partial charge in [0.15, 0.2) is 5.78 Å². The Kier molecular flexibility index (Phi) is 4.23. The number of ether oxygens (including phenoxy) is 1. The minimum Gasteiger partial charge on any atom is -0.497 e. The van der Waals surface area contributed by atoms with Crippen molar-refractivity contribution in [1.82, 2.24) is 0 Å². The maximum absolute atomic E-state index is 12.2. The highest BCUT2D eigenvalue weighted by molar-refractivity contribution is 6.34. The molecule has 0 fully saturated rings. The molecule has 0 aliphatic heterocycles. The van der Waals surface area contributed by atoms with Crippen LogP contribution in [0, 0.1) is 6.92 Å². The van der Waals surface area contributed by atoms with E-state index >= 15 is 0 Å². The Hall–Kier alpha value is -1.80. The largest absolute Gasteiger partial charge is 0.497 e. The molecule has 0 saturated carbocycles. The van der Waals surface area contributed by atoms with Crippen molar-refractivity contribution in [2.24, 2.45) is 0 Å².